The van der Waals surface area contributed by atoms with Gasteiger partial charge in [0, 0.05) is 18.3 Å². The maximum Gasteiger partial charge on any atom is 0.492 e. The molecule has 0 aromatic carbocycles. The number of aromatic nitrogens is 4. The molecule has 19 heteroatoms. The van der Waals surface area contributed by atoms with Crippen molar-refractivity contribution in [1.29, 1.82) is 0 Å². The number of phosphoric acid groups is 2. The van der Waals surface area contributed by atoms with Crippen LogP contribution in [0.3, 0.4) is 0 Å². The van der Waals surface area contributed by atoms with Gasteiger partial charge in [-0.25, -0.2) is 28.1 Å². The van der Waals surface area contributed by atoms with Crippen molar-refractivity contribution in [3.05, 3.63) is 12.7 Å². The number of anilines is 1. The first-order valence-electron chi connectivity index (χ1n) is 7.77. The van der Waals surface area contributed by atoms with Gasteiger partial charge in [0.25, 0.3) is 0 Å². The van der Waals surface area contributed by atoms with Gasteiger partial charge in [-0.15, -0.1) is 0 Å². The van der Waals surface area contributed by atoms with E-state index >= 15 is 0 Å². The fourth-order valence-corrected chi connectivity index (χ4v) is 4.59. The van der Waals surface area contributed by atoms with Crippen LogP contribution in [0.4, 0.5) is 5.82 Å². The zero-order valence-electron chi connectivity index (χ0n) is 15.1. The fourth-order valence-electron chi connectivity index (χ4n) is 2.41. The van der Waals surface area contributed by atoms with Gasteiger partial charge in [0.1, 0.15) is 30.2 Å². The van der Waals surface area contributed by atoms with Crippen molar-refractivity contribution in [2.75, 3.05) is 18.6 Å². The molecule has 0 saturated carbocycles. The summed E-state index contributed by atoms with van der Waals surface area (Å²) in [6.07, 6.45) is -0.125. The second kappa shape index (κ2) is 9.95. The molecule has 8 N–H and O–H groups in total. The van der Waals surface area contributed by atoms with E-state index in [-0.39, 0.29) is 5.82 Å². The second-order valence-electron chi connectivity index (χ2n) is 5.59. The number of aliphatic hydroxyl groups is 3. The summed E-state index contributed by atoms with van der Waals surface area (Å²) in [7, 11) is -9.58. The Bertz CT molecular complexity index is 957. The number of fused-ring (bicyclic) bond motifs is 1. The number of hydrogen-bond acceptors (Lipinski definition) is 13. The number of nitrogens with two attached hydrogens (primary N) is 1. The van der Waals surface area contributed by atoms with Gasteiger partial charge in [-0.1, -0.05) is 0 Å². The lowest BCUT2D eigenvalue weighted by molar-refractivity contribution is -0.0511. The predicted octanol–water partition coefficient (Wildman–Crippen LogP) is -1.49. The summed E-state index contributed by atoms with van der Waals surface area (Å²) < 4.78 is 34.6. The zero-order chi connectivity index (χ0) is 22.7. The van der Waals surface area contributed by atoms with Crippen LogP contribution in [0, 0.1) is 0 Å². The van der Waals surface area contributed by atoms with E-state index in [4.69, 9.17) is 30.3 Å². The first-order valence-corrected chi connectivity index (χ1v) is 11.9. The Morgan fingerprint density at radius 2 is 1.90 bits per heavy atom. The molecule has 0 radical (unpaired) electrons. The molecule has 16 nitrogen and oxygen atoms in total. The first kappa shape index (κ1) is 25.1. The average Bonchev–Trinajstić information content (AvgIpc) is 3.16. The number of nitrogens with zero attached hydrogens (tertiary/aromatic N) is 4. The van der Waals surface area contributed by atoms with Crippen LogP contribution in [-0.2, 0) is 22.1 Å². The second-order valence-corrected chi connectivity index (χ2v) is 9.09. The number of hydrogen-bond donors (Lipinski definition) is 7. The van der Waals surface area contributed by atoms with Crippen molar-refractivity contribution in [3.63, 3.8) is 0 Å². The van der Waals surface area contributed by atoms with E-state index in [0.717, 1.165) is 0 Å². The number of ether oxygens (including phenoxy) is 1. The van der Waals surface area contributed by atoms with Crippen LogP contribution in [0.1, 0.15) is 6.23 Å². The van der Waals surface area contributed by atoms with Crippen LogP contribution in [0.2, 0.25) is 0 Å². The summed E-state index contributed by atoms with van der Waals surface area (Å²) in [6, 6.07) is 0. The van der Waals surface area contributed by atoms with E-state index in [1.54, 1.807) is 0 Å². The molecule has 3 rings (SSSR count). The van der Waals surface area contributed by atoms with E-state index in [1.807, 2.05) is 0 Å². The average molecular weight is 491 g/mol. The van der Waals surface area contributed by atoms with Gasteiger partial charge < -0.3 is 40.5 Å². The molecule has 1 aliphatic heterocycles. The number of rotatable bonds is 6. The molecule has 3 heterocycles. The standard InChI is InChI=1S/C10H13N5O4.CH6O7P2S/c11-8-5-9(13-2-12-8)15(3-14-5)10-7(18)6(17)4(1-16)19-10;1-11-8-10(5,6)7-9(2,3)4/h2-4,6-7,10,16-18H,1H2,(H2,11,12,13);1H3,(H,5,6)(H2,2,3,4)/t4-,6-,7-,10-;/m1./s1. The third-order valence-electron chi connectivity index (χ3n) is 3.56. The molecule has 0 bridgehead atoms. The van der Waals surface area contributed by atoms with Crippen LogP contribution in [0.5, 0.6) is 0 Å². The maximum atomic E-state index is 10.4. The molecular formula is C11H19N5O11P2S. The molecule has 0 spiro atoms. The predicted molar refractivity (Wildman–Crippen MR) is 100 cm³/mol. The number of imidazole rings is 1. The molecule has 2 aromatic rings. The lowest BCUT2D eigenvalue weighted by Crippen LogP contribution is -2.33. The van der Waals surface area contributed by atoms with Gasteiger partial charge in [-0.05, 0) is 0 Å². The molecule has 5 atom stereocenters. The quantitative estimate of drug-likeness (QED) is 0.179. The highest BCUT2D eigenvalue weighted by molar-refractivity contribution is 7.97. The Balaban J connectivity index is 0.000000252. The van der Waals surface area contributed by atoms with Gasteiger partial charge in [0.05, 0.1) is 12.9 Å². The molecule has 1 unspecified atom stereocenters. The summed E-state index contributed by atoms with van der Waals surface area (Å²) in [5.41, 5.74) is 6.44. The smallest absolute Gasteiger partial charge is 0.394 e. The molecule has 0 amide bonds. The lowest BCUT2D eigenvalue weighted by Gasteiger charge is -2.16. The van der Waals surface area contributed by atoms with Gasteiger partial charge in [-0.2, -0.15) is 4.31 Å². The number of nitrogen functional groups attached to an aromatic ring is 1. The minimum atomic E-state index is -4.97. The third-order valence-corrected chi connectivity index (χ3v) is 6.58. The molecule has 2 aromatic heterocycles. The molecule has 1 saturated heterocycles. The van der Waals surface area contributed by atoms with E-state index < -0.39 is 46.8 Å². The van der Waals surface area contributed by atoms with Crippen molar-refractivity contribution < 1.29 is 52.1 Å². The molecule has 1 fully saturated rings. The zero-order valence-corrected chi connectivity index (χ0v) is 17.7. The largest absolute Gasteiger partial charge is 0.492 e. The monoisotopic (exact) mass is 491 g/mol. The van der Waals surface area contributed by atoms with E-state index in [0.29, 0.717) is 23.2 Å². The normalized spacial score (nSPS) is 26.2. The van der Waals surface area contributed by atoms with Gasteiger partial charge in [-0.3, -0.25) is 4.57 Å². The molecular weight excluding hydrogens is 472 g/mol. The third kappa shape index (κ3) is 6.16. The summed E-state index contributed by atoms with van der Waals surface area (Å²) in [5, 5.41) is 28.7. The summed E-state index contributed by atoms with van der Waals surface area (Å²) in [4.78, 5) is 36.4. The van der Waals surface area contributed by atoms with Crippen molar-refractivity contribution in [2.24, 2.45) is 0 Å². The van der Waals surface area contributed by atoms with Gasteiger partial charge in [0.15, 0.2) is 17.7 Å². The van der Waals surface area contributed by atoms with Crippen molar-refractivity contribution in [3.8, 4) is 0 Å². The topological polar surface area (TPSA) is 253 Å². The Morgan fingerprint density at radius 3 is 2.43 bits per heavy atom. The van der Waals surface area contributed by atoms with Crippen LogP contribution >= 0.6 is 27.7 Å². The first-order chi connectivity index (χ1) is 13.9. The minimum absolute atomic E-state index is 0.218. The van der Waals surface area contributed by atoms with Crippen molar-refractivity contribution in [1.82, 2.24) is 19.5 Å². The maximum absolute atomic E-state index is 10.4. The molecule has 0 aliphatic carbocycles. The van der Waals surface area contributed by atoms with Crippen molar-refractivity contribution in [2.45, 2.75) is 24.5 Å². The lowest BCUT2D eigenvalue weighted by atomic mass is 10.1. The van der Waals surface area contributed by atoms with Crippen LogP contribution in [0.25, 0.3) is 11.2 Å². The Kier molecular flexibility index (Phi) is 8.31. The Hall–Kier alpha value is -1.20. The van der Waals surface area contributed by atoms with E-state index in [1.165, 1.54) is 23.5 Å². The van der Waals surface area contributed by atoms with Crippen LogP contribution in [0.15, 0.2) is 12.7 Å². The minimum Gasteiger partial charge on any atom is -0.394 e. The van der Waals surface area contributed by atoms with Gasteiger partial charge >= 0.3 is 15.6 Å². The summed E-state index contributed by atoms with van der Waals surface area (Å²) in [5.74, 6) is 0.218. The molecule has 170 valence electrons. The van der Waals surface area contributed by atoms with Gasteiger partial charge in [0.2, 0.25) is 0 Å². The Morgan fingerprint density at radius 1 is 1.23 bits per heavy atom. The highest BCUT2D eigenvalue weighted by Gasteiger charge is 2.44. The Labute approximate surface area is 172 Å². The highest BCUT2D eigenvalue weighted by atomic mass is 32.2. The summed E-state index contributed by atoms with van der Waals surface area (Å²) >= 11 is 0.468. The molecule has 1 aliphatic rings. The highest BCUT2D eigenvalue weighted by Crippen LogP contribution is 2.59. The van der Waals surface area contributed by atoms with E-state index in [9.17, 15) is 19.3 Å². The number of aliphatic hydroxyl groups excluding tert-OH is 3. The van der Waals surface area contributed by atoms with Crippen LogP contribution in [-0.4, -0.2) is 80.7 Å². The van der Waals surface area contributed by atoms with Crippen molar-refractivity contribution >= 4 is 44.7 Å². The SMILES string of the molecule is CSOP(=O)(O)OP(=O)(O)O.Nc1ncnc2c1ncn2[C@@H]1O[C@H](CO)[C@@H](O)[C@H]1O. The van der Waals surface area contributed by atoms with E-state index in [2.05, 4.69) is 23.2 Å². The summed E-state index contributed by atoms with van der Waals surface area (Å²) in [6.45, 7) is -0.390. The van der Waals surface area contributed by atoms with Crippen LogP contribution < -0.4 is 5.73 Å². The molecule has 30 heavy (non-hydrogen) atoms. The fraction of sp³-hybridized carbons (Fsp3) is 0.545.